The summed E-state index contributed by atoms with van der Waals surface area (Å²) in [5.41, 5.74) is 1.13. The maximum atomic E-state index is 5.22. The SMILES string of the molecule is COc1ccc(Br)c(NCC2CCCC2)c1. The van der Waals surface area contributed by atoms with Crippen LogP contribution in [0.2, 0.25) is 0 Å². The lowest BCUT2D eigenvalue weighted by atomic mass is 10.1. The first-order valence-corrected chi connectivity index (χ1v) is 6.66. The van der Waals surface area contributed by atoms with E-state index < -0.39 is 0 Å². The van der Waals surface area contributed by atoms with E-state index in [4.69, 9.17) is 4.74 Å². The van der Waals surface area contributed by atoms with Crippen molar-refractivity contribution >= 4 is 21.6 Å². The smallest absolute Gasteiger partial charge is 0.121 e. The minimum Gasteiger partial charge on any atom is -0.497 e. The zero-order valence-electron chi connectivity index (χ0n) is 9.63. The fraction of sp³-hybridized carbons (Fsp3) is 0.538. The van der Waals surface area contributed by atoms with Crippen LogP contribution < -0.4 is 10.1 Å². The predicted octanol–water partition coefficient (Wildman–Crippen LogP) is 4.06. The maximum Gasteiger partial charge on any atom is 0.121 e. The quantitative estimate of drug-likeness (QED) is 0.900. The molecule has 1 aromatic rings. The molecule has 0 bridgehead atoms. The lowest BCUT2D eigenvalue weighted by Crippen LogP contribution is -2.11. The molecule has 1 N–H and O–H groups in total. The molecular weight excluding hydrogens is 266 g/mol. The van der Waals surface area contributed by atoms with Gasteiger partial charge in [0.15, 0.2) is 0 Å². The molecule has 88 valence electrons. The average molecular weight is 284 g/mol. The van der Waals surface area contributed by atoms with Gasteiger partial charge in [0.2, 0.25) is 0 Å². The Morgan fingerprint density at radius 1 is 1.38 bits per heavy atom. The topological polar surface area (TPSA) is 21.3 Å². The summed E-state index contributed by atoms with van der Waals surface area (Å²) in [5.74, 6) is 1.75. The van der Waals surface area contributed by atoms with Crippen molar-refractivity contribution in [1.82, 2.24) is 0 Å². The van der Waals surface area contributed by atoms with E-state index in [0.717, 1.165) is 28.4 Å². The number of hydrogen-bond donors (Lipinski definition) is 1. The number of anilines is 1. The first-order valence-electron chi connectivity index (χ1n) is 5.87. The highest BCUT2D eigenvalue weighted by atomic mass is 79.9. The molecule has 2 nitrogen and oxygen atoms in total. The van der Waals surface area contributed by atoms with Crippen LogP contribution >= 0.6 is 15.9 Å². The van der Waals surface area contributed by atoms with E-state index in [1.165, 1.54) is 25.7 Å². The molecule has 2 rings (SSSR count). The molecule has 0 radical (unpaired) electrons. The van der Waals surface area contributed by atoms with Gasteiger partial charge in [0.05, 0.1) is 12.8 Å². The summed E-state index contributed by atoms with van der Waals surface area (Å²) in [6, 6.07) is 6.03. The lowest BCUT2D eigenvalue weighted by molar-refractivity contribution is 0.415. The predicted molar refractivity (Wildman–Crippen MR) is 71.1 cm³/mol. The Kier molecular flexibility index (Phi) is 4.10. The molecule has 1 saturated carbocycles. The molecule has 0 spiro atoms. The zero-order chi connectivity index (χ0) is 11.4. The van der Waals surface area contributed by atoms with Gasteiger partial charge in [-0.15, -0.1) is 0 Å². The minimum absolute atomic E-state index is 0.845. The molecule has 1 fully saturated rings. The van der Waals surface area contributed by atoms with Crippen LogP contribution in [0.5, 0.6) is 5.75 Å². The maximum absolute atomic E-state index is 5.22. The van der Waals surface area contributed by atoms with Crippen LogP contribution in [0.15, 0.2) is 22.7 Å². The fourth-order valence-electron chi connectivity index (χ4n) is 2.24. The summed E-state index contributed by atoms with van der Waals surface area (Å²) < 4.78 is 6.32. The largest absolute Gasteiger partial charge is 0.497 e. The summed E-state index contributed by atoms with van der Waals surface area (Å²) >= 11 is 3.55. The summed E-state index contributed by atoms with van der Waals surface area (Å²) in [7, 11) is 1.70. The molecule has 0 aliphatic heterocycles. The summed E-state index contributed by atoms with van der Waals surface area (Å²) in [5, 5.41) is 3.50. The second-order valence-electron chi connectivity index (χ2n) is 4.38. The Morgan fingerprint density at radius 2 is 2.12 bits per heavy atom. The Morgan fingerprint density at radius 3 is 2.81 bits per heavy atom. The van der Waals surface area contributed by atoms with Crippen LogP contribution in [0.1, 0.15) is 25.7 Å². The van der Waals surface area contributed by atoms with E-state index in [2.05, 4.69) is 21.2 Å². The van der Waals surface area contributed by atoms with Crippen molar-refractivity contribution in [3.8, 4) is 5.75 Å². The third-order valence-electron chi connectivity index (χ3n) is 3.23. The standard InChI is InChI=1S/C13H18BrNO/c1-16-11-6-7-12(14)13(8-11)15-9-10-4-2-3-5-10/h6-8,10,15H,2-5,9H2,1H3. The van der Waals surface area contributed by atoms with Crippen LogP contribution in [0, 0.1) is 5.92 Å². The number of halogens is 1. The Balaban J connectivity index is 1.96. The highest BCUT2D eigenvalue weighted by Crippen LogP contribution is 2.29. The van der Waals surface area contributed by atoms with Crippen LogP contribution in [0.25, 0.3) is 0 Å². The fourth-order valence-corrected chi connectivity index (χ4v) is 2.62. The Hall–Kier alpha value is -0.700. The van der Waals surface area contributed by atoms with Gasteiger partial charge in [-0.2, -0.15) is 0 Å². The van der Waals surface area contributed by atoms with E-state index in [0.29, 0.717) is 0 Å². The molecule has 1 aromatic carbocycles. The Bertz CT molecular complexity index is 348. The van der Waals surface area contributed by atoms with Gasteiger partial charge in [-0.1, -0.05) is 12.8 Å². The third kappa shape index (κ3) is 2.91. The summed E-state index contributed by atoms with van der Waals surface area (Å²) in [6.45, 7) is 1.08. The molecule has 1 aliphatic carbocycles. The van der Waals surface area contributed by atoms with Crippen molar-refractivity contribution in [2.75, 3.05) is 19.0 Å². The van der Waals surface area contributed by atoms with E-state index in [1.807, 2.05) is 18.2 Å². The first-order chi connectivity index (χ1) is 7.79. The molecule has 0 heterocycles. The summed E-state index contributed by atoms with van der Waals surface area (Å²) in [4.78, 5) is 0. The van der Waals surface area contributed by atoms with Crippen LogP contribution in [0.3, 0.4) is 0 Å². The minimum atomic E-state index is 0.845. The van der Waals surface area contributed by atoms with Crippen LogP contribution in [-0.4, -0.2) is 13.7 Å². The molecule has 0 saturated heterocycles. The van der Waals surface area contributed by atoms with Gasteiger partial charge in [0.25, 0.3) is 0 Å². The number of rotatable bonds is 4. The number of hydrogen-bond acceptors (Lipinski definition) is 2. The third-order valence-corrected chi connectivity index (χ3v) is 3.92. The monoisotopic (exact) mass is 283 g/mol. The van der Waals surface area contributed by atoms with Crippen LogP contribution in [0.4, 0.5) is 5.69 Å². The van der Waals surface area contributed by atoms with E-state index in [9.17, 15) is 0 Å². The molecule has 0 aromatic heterocycles. The molecule has 0 atom stereocenters. The van der Waals surface area contributed by atoms with Gasteiger partial charge in [0, 0.05) is 17.1 Å². The molecule has 16 heavy (non-hydrogen) atoms. The highest BCUT2D eigenvalue weighted by Gasteiger charge is 2.14. The van der Waals surface area contributed by atoms with Gasteiger partial charge in [0.1, 0.15) is 5.75 Å². The lowest BCUT2D eigenvalue weighted by Gasteiger charge is -2.14. The van der Waals surface area contributed by atoms with Gasteiger partial charge in [-0.25, -0.2) is 0 Å². The van der Waals surface area contributed by atoms with Crippen molar-refractivity contribution in [2.45, 2.75) is 25.7 Å². The first kappa shape index (κ1) is 11.8. The van der Waals surface area contributed by atoms with Crippen molar-refractivity contribution in [3.63, 3.8) is 0 Å². The second kappa shape index (κ2) is 5.58. The average Bonchev–Trinajstić information content (AvgIpc) is 2.81. The molecular formula is C13H18BrNO. The van der Waals surface area contributed by atoms with Gasteiger partial charge in [-0.3, -0.25) is 0 Å². The normalized spacial score (nSPS) is 16.4. The van der Waals surface area contributed by atoms with E-state index in [-0.39, 0.29) is 0 Å². The second-order valence-corrected chi connectivity index (χ2v) is 5.23. The van der Waals surface area contributed by atoms with Crippen molar-refractivity contribution in [1.29, 1.82) is 0 Å². The summed E-state index contributed by atoms with van der Waals surface area (Å²) in [6.07, 6.45) is 5.53. The Labute approximate surface area is 106 Å². The highest BCUT2D eigenvalue weighted by molar-refractivity contribution is 9.10. The molecule has 3 heteroatoms. The number of ether oxygens (including phenoxy) is 1. The molecule has 0 unspecified atom stereocenters. The zero-order valence-corrected chi connectivity index (χ0v) is 11.2. The number of nitrogens with one attached hydrogen (secondary N) is 1. The van der Waals surface area contributed by atoms with E-state index in [1.54, 1.807) is 7.11 Å². The molecule has 0 amide bonds. The van der Waals surface area contributed by atoms with Crippen molar-refractivity contribution in [3.05, 3.63) is 22.7 Å². The van der Waals surface area contributed by atoms with Crippen molar-refractivity contribution in [2.24, 2.45) is 5.92 Å². The number of benzene rings is 1. The van der Waals surface area contributed by atoms with Crippen molar-refractivity contribution < 1.29 is 4.74 Å². The van der Waals surface area contributed by atoms with Gasteiger partial charge >= 0.3 is 0 Å². The van der Waals surface area contributed by atoms with Crippen LogP contribution in [-0.2, 0) is 0 Å². The molecule has 1 aliphatic rings. The number of methoxy groups -OCH3 is 1. The van der Waals surface area contributed by atoms with Gasteiger partial charge < -0.3 is 10.1 Å². The van der Waals surface area contributed by atoms with Gasteiger partial charge in [-0.05, 0) is 46.8 Å². The van der Waals surface area contributed by atoms with E-state index >= 15 is 0 Å².